The molecule has 0 spiro atoms. The average molecular weight is 334 g/mol. The zero-order valence-corrected chi connectivity index (χ0v) is 15.2. The van der Waals surface area contributed by atoms with Crippen LogP contribution in [0.2, 0.25) is 0 Å². The van der Waals surface area contributed by atoms with Gasteiger partial charge in [0, 0.05) is 43.6 Å². The van der Waals surface area contributed by atoms with E-state index in [-0.39, 0.29) is 0 Å². The van der Waals surface area contributed by atoms with Crippen molar-refractivity contribution in [1.29, 1.82) is 0 Å². The Balaban J connectivity index is 2.65. The van der Waals surface area contributed by atoms with Crippen molar-refractivity contribution in [2.45, 2.75) is 31.6 Å². The summed E-state index contributed by atoms with van der Waals surface area (Å²) in [7, 11) is 0.458. The Morgan fingerprint density at radius 1 is 0.870 bits per heavy atom. The number of sulfonamides is 1. The normalized spacial score (nSPS) is 12.0. The Kier molecular flexibility index (Phi) is 5.65. The number of hydrogen-bond acceptors (Lipinski definition) is 3. The van der Waals surface area contributed by atoms with E-state index in [9.17, 15) is 8.42 Å². The molecule has 2 aromatic carbocycles. The lowest BCUT2D eigenvalue weighted by Crippen LogP contribution is -2.32. The average Bonchev–Trinajstić information content (AvgIpc) is 2.53. The summed E-state index contributed by atoms with van der Waals surface area (Å²) in [6.45, 7) is 5.12. The first-order valence-corrected chi connectivity index (χ1v) is 9.56. The van der Waals surface area contributed by atoms with Crippen molar-refractivity contribution in [2.24, 2.45) is 0 Å². The maximum absolute atomic E-state index is 13.1. The second kappa shape index (κ2) is 7.32. The van der Waals surface area contributed by atoms with Gasteiger partial charge in [0.2, 0.25) is 10.0 Å². The lowest BCUT2D eigenvalue weighted by atomic mass is 10.1. The smallest absolute Gasteiger partial charge is 0.243 e. The summed E-state index contributed by atoms with van der Waals surface area (Å²) < 4.78 is 27.8. The molecule has 0 heterocycles. The number of nitrogens with zero attached hydrogens (tertiary/aromatic N) is 2. The van der Waals surface area contributed by atoms with Gasteiger partial charge in [-0.15, -0.1) is 0 Å². The Labute approximate surface area is 139 Å². The summed E-state index contributed by atoms with van der Waals surface area (Å²) in [6.07, 6.45) is 1.62. The quantitative estimate of drug-likeness (QED) is 0.775. The second-order valence-electron chi connectivity index (χ2n) is 5.93. The molecule has 0 saturated heterocycles. The van der Waals surface area contributed by atoms with Crippen molar-refractivity contribution < 1.29 is 8.42 Å². The standard InChI is InChI=1S/C18H26N2O2S/c1-5-13-20(14-6-2)23(21,22)18-12-8-9-15-16(18)10-7-11-17(15)19(3)4/h7-12H,5-6,13-14H2,1-4H3. The Morgan fingerprint density at radius 2 is 1.43 bits per heavy atom. The predicted molar refractivity (Wildman–Crippen MR) is 97.6 cm³/mol. The molecule has 0 atom stereocenters. The molecule has 0 aliphatic heterocycles. The fourth-order valence-electron chi connectivity index (χ4n) is 2.87. The topological polar surface area (TPSA) is 40.6 Å². The van der Waals surface area contributed by atoms with Gasteiger partial charge in [-0.25, -0.2) is 8.42 Å². The number of fused-ring (bicyclic) bond motifs is 1. The fraction of sp³-hybridized carbons (Fsp3) is 0.444. The maximum atomic E-state index is 13.1. The molecule has 126 valence electrons. The lowest BCUT2D eigenvalue weighted by molar-refractivity contribution is 0.410. The molecule has 0 aliphatic carbocycles. The van der Waals surface area contributed by atoms with Crippen LogP contribution in [0.3, 0.4) is 0 Å². The van der Waals surface area contributed by atoms with E-state index >= 15 is 0 Å². The molecule has 0 radical (unpaired) electrons. The molecule has 2 aromatic rings. The highest BCUT2D eigenvalue weighted by Gasteiger charge is 2.25. The third-order valence-electron chi connectivity index (χ3n) is 3.90. The van der Waals surface area contributed by atoms with Gasteiger partial charge in [-0.05, 0) is 25.0 Å². The first-order valence-electron chi connectivity index (χ1n) is 8.12. The molecule has 0 unspecified atom stereocenters. The van der Waals surface area contributed by atoms with Gasteiger partial charge in [-0.1, -0.05) is 38.1 Å². The van der Waals surface area contributed by atoms with Crippen LogP contribution in [-0.4, -0.2) is 39.9 Å². The molecule has 23 heavy (non-hydrogen) atoms. The maximum Gasteiger partial charge on any atom is 0.243 e. The molecule has 0 fully saturated rings. The Hall–Kier alpha value is -1.59. The van der Waals surface area contributed by atoms with Crippen LogP contribution >= 0.6 is 0 Å². The highest BCUT2D eigenvalue weighted by molar-refractivity contribution is 7.89. The summed E-state index contributed by atoms with van der Waals surface area (Å²) in [5.74, 6) is 0. The summed E-state index contributed by atoms with van der Waals surface area (Å²) in [6, 6.07) is 11.3. The van der Waals surface area contributed by atoms with Crippen LogP contribution in [0.1, 0.15) is 26.7 Å². The van der Waals surface area contributed by atoms with Gasteiger partial charge in [0.15, 0.2) is 0 Å². The molecule has 0 N–H and O–H groups in total. The zero-order valence-electron chi connectivity index (χ0n) is 14.4. The largest absolute Gasteiger partial charge is 0.377 e. The summed E-state index contributed by atoms with van der Waals surface area (Å²) >= 11 is 0. The molecular weight excluding hydrogens is 308 g/mol. The summed E-state index contributed by atoms with van der Waals surface area (Å²) in [5.41, 5.74) is 1.03. The van der Waals surface area contributed by atoms with E-state index in [0.717, 1.165) is 29.3 Å². The Morgan fingerprint density at radius 3 is 2.00 bits per heavy atom. The third kappa shape index (κ3) is 3.51. The third-order valence-corrected chi connectivity index (χ3v) is 5.86. The van der Waals surface area contributed by atoms with Crippen LogP contribution in [0, 0.1) is 0 Å². The van der Waals surface area contributed by atoms with Crippen molar-refractivity contribution in [2.75, 3.05) is 32.1 Å². The molecule has 0 aliphatic rings. The molecule has 2 rings (SSSR count). The summed E-state index contributed by atoms with van der Waals surface area (Å²) in [4.78, 5) is 2.41. The van der Waals surface area contributed by atoms with E-state index in [0.29, 0.717) is 18.0 Å². The Bertz CT molecular complexity index is 764. The van der Waals surface area contributed by atoms with Gasteiger partial charge in [-0.3, -0.25) is 0 Å². The fourth-order valence-corrected chi connectivity index (χ4v) is 4.70. The van der Waals surface area contributed by atoms with E-state index in [1.807, 2.05) is 63.2 Å². The number of hydrogen-bond donors (Lipinski definition) is 0. The minimum absolute atomic E-state index is 0.403. The van der Waals surface area contributed by atoms with Crippen LogP contribution in [0.25, 0.3) is 10.8 Å². The van der Waals surface area contributed by atoms with Crippen molar-refractivity contribution >= 4 is 26.5 Å². The molecular formula is C18H26N2O2S. The molecule has 0 bridgehead atoms. The van der Waals surface area contributed by atoms with Crippen molar-refractivity contribution in [3.63, 3.8) is 0 Å². The second-order valence-corrected chi connectivity index (χ2v) is 7.83. The minimum Gasteiger partial charge on any atom is -0.377 e. The molecule has 0 aromatic heterocycles. The van der Waals surface area contributed by atoms with Gasteiger partial charge in [0.1, 0.15) is 0 Å². The van der Waals surface area contributed by atoms with Gasteiger partial charge < -0.3 is 4.90 Å². The van der Waals surface area contributed by atoms with Crippen molar-refractivity contribution in [3.05, 3.63) is 36.4 Å². The zero-order chi connectivity index (χ0) is 17.0. The minimum atomic E-state index is -3.48. The molecule has 0 amide bonds. The number of rotatable bonds is 7. The van der Waals surface area contributed by atoms with E-state index in [1.165, 1.54) is 0 Å². The van der Waals surface area contributed by atoms with Gasteiger partial charge in [0.25, 0.3) is 0 Å². The van der Waals surface area contributed by atoms with E-state index in [4.69, 9.17) is 0 Å². The highest BCUT2D eigenvalue weighted by Crippen LogP contribution is 2.31. The van der Waals surface area contributed by atoms with Gasteiger partial charge >= 0.3 is 0 Å². The van der Waals surface area contributed by atoms with Crippen LogP contribution in [0.5, 0.6) is 0 Å². The SMILES string of the molecule is CCCN(CCC)S(=O)(=O)c1cccc2c(N(C)C)cccc12. The lowest BCUT2D eigenvalue weighted by Gasteiger charge is -2.23. The number of anilines is 1. The molecule has 4 nitrogen and oxygen atoms in total. The van der Waals surface area contributed by atoms with Crippen molar-refractivity contribution in [1.82, 2.24) is 4.31 Å². The van der Waals surface area contributed by atoms with Crippen LogP contribution in [0.15, 0.2) is 41.3 Å². The predicted octanol–water partition coefficient (Wildman–Crippen LogP) is 3.72. The molecule has 5 heteroatoms. The van der Waals surface area contributed by atoms with E-state index < -0.39 is 10.0 Å². The van der Waals surface area contributed by atoms with E-state index in [2.05, 4.69) is 0 Å². The monoisotopic (exact) mass is 334 g/mol. The van der Waals surface area contributed by atoms with Gasteiger partial charge in [0.05, 0.1) is 4.90 Å². The first kappa shape index (κ1) is 17.8. The molecule has 0 saturated carbocycles. The number of benzene rings is 2. The first-order chi connectivity index (χ1) is 10.9. The van der Waals surface area contributed by atoms with Crippen LogP contribution < -0.4 is 4.90 Å². The highest BCUT2D eigenvalue weighted by atomic mass is 32.2. The van der Waals surface area contributed by atoms with Crippen LogP contribution in [-0.2, 0) is 10.0 Å². The van der Waals surface area contributed by atoms with E-state index in [1.54, 1.807) is 10.4 Å². The van der Waals surface area contributed by atoms with Crippen LogP contribution in [0.4, 0.5) is 5.69 Å². The van der Waals surface area contributed by atoms with Crippen molar-refractivity contribution in [3.8, 4) is 0 Å². The van der Waals surface area contributed by atoms with Gasteiger partial charge in [-0.2, -0.15) is 4.31 Å². The summed E-state index contributed by atoms with van der Waals surface area (Å²) in [5, 5.41) is 1.75.